The number of piperidine rings is 1. The van der Waals surface area contributed by atoms with Crippen molar-refractivity contribution >= 4 is 16.9 Å². The molecule has 0 bridgehead atoms. The summed E-state index contributed by atoms with van der Waals surface area (Å²) in [5.41, 5.74) is 4.83. The lowest BCUT2D eigenvalue weighted by molar-refractivity contribution is -0.0349. The van der Waals surface area contributed by atoms with Gasteiger partial charge in [0, 0.05) is 48.9 Å². The monoisotopic (exact) mass is 452 g/mol. The zero-order valence-electron chi connectivity index (χ0n) is 19.5. The number of ether oxygens (including phenoxy) is 3. The molecule has 1 saturated heterocycles. The molecule has 0 aliphatic carbocycles. The zero-order valence-corrected chi connectivity index (χ0v) is 19.5. The molecule has 7 nitrogen and oxygen atoms in total. The summed E-state index contributed by atoms with van der Waals surface area (Å²) in [4.78, 5) is 17.1. The van der Waals surface area contributed by atoms with Crippen LogP contribution < -0.4 is 4.74 Å². The van der Waals surface area contributed by atoms with Gasteiger partial charge in [-0.25, -0.2) is 4.79 Å². The van der Waals surface area contributed by atoms with Gasteiger partial charge in [-0.15, -0.1) is 0 Å². The Morgan fingerprint density at radius 3 is 2.67 bits per heavy atom. The van der Waals surface area contributed by atoms with Gasteiger partial charge < -0.3 is 24.3 Å². The second-order valence-electron chi connectivity index (χ2n) is 8.56. The Morgan fingerprint density at radius 2 is 1.97 bits per heavy atom. The molecule has 3 aromatic rings. The summed E-state index contributed by atoms with van der Waals surface area (Å²) < 4.78 is 17.0. The first-order chi connectivity index (χ1) is 16.0. The third-order valence-electron chi connectivity index (χ3n) is 6.54. The van der Waals surface area contributed by atoms with Crippen molar-refractivity contribution in [3.05, 3.63) is 64.8 Å². The number of nitrogens with one attached hydrogen (secondary N) is 1. The molecular formula is C26H32N2O5. The standard InChI is InChI=1S/C26H32N2O5/c1-17-14-24(32-3)22(21-8-10-27-25(17)21)16-28-11-9-20(33-13-12-31-2)15-23(28)18-4-6-19(7-5-18)26(29)30/h4-8,10,14,20,23,27H,9,11-13,15-16H2,1-3H3,(H,29,30)/t20?,23-/m0/s1. The Hall–Kier alpha value is -2.87. The van der Waals surface area contributed by atoms with Crippen molar-refractivity contribution in [2.75, 3.05) is 34.0 Å². The smallest absolute Gasteiger partial charge is 0.335 e. The van der Waals surface area contributed by atoms with Crippen LogP contribution in [-0.2, 0) is 16.0 Å². The molecule has 0 saturated carbocycles. The predicted octanol–water partition coefficient (Wildman–Crippen LogP) is 4.55. The van der Waals surface area contributed by atoms with Gasteiger partial charge in [-0.3, -0.25) is 4.90 Å². The maximum absolute atomic E-state index is 11.3. The molecule has 2 heterocycles. The van der Waals surface area contributed by atoms with E-state index in [1.54, 1.807) is 26.4 Å². The topological polar surface area (TPSA) is 84.0 Å². The van der Waals surface area contributed by atoms with Crippen molar-refractivity contribution in [1.29, 1.82) is 0 Å². The molecule has 1 aliphatic rings. The van der Waals surface area contributed by atoms with Gasteiger partial charge in [-0.1, -0.05) is 12.1 Å². The average molecular weight is 453 g/mol. The van der Waals surface area contributed by atoms with Gasteiger partial charge in [0.15, 0.2) is 0 Å². The largest absolute Gasteiger partial charge is 0.496 e. The molecule has 1 aromatic heterocycles. The second-order valence-corrected chi connectivity index (χ2v) is 8.56. The van der Waals surface area contributed by atoms with Gasteiger partial charge in [0.25, 0.3) is 0 Å². The van der Waals surface area contributed by atoms with Crippen LogP contribution in [0.25, 0.3) is 10.9 Å². The minimum Gasteiger partial charge on any atom is -0.496 e. The van der Waals surface area contributed by atoms with E-state index in [0.29, 0.717) is 18.8 Å². The van der Waals surface area contributed by atoms with Crippen LogP contribution in [0.4, 0.5) is 0 Å². The van der Waals surface area contributed by atoms with Crippen molar-refractivity contribution in [1.82, 2.24) is 9.88 Å². The van der Waals surface area contributed by atoms with E-state index in [4.69, 9.17) is 14.2 Å². The van der Waals surface area contributed by atoms with Crippen molar-refractivity contribution in [3.8, 4) is 5.75 Å². The number of hydrogen-bond donors (Lipinski definition) is 2. The van der Waals surface area contributed by atoms with Crippen LogP contribution >= 0.6 is 0 Å². The van der Waals surface area contributed by atoms with Crippen LogP contribution in [0.2, 0.25) is 0 Å². The number of hydrogen-bond acceptors (Lipinski definition) is 5. The van der Waals surface area contributed by atoms with Crippen LogP contribution in [0, 0.1) is 6.92 Å². The van der Waals surface area contributed by atoms with E-state index < -0.39 is 5.97 Å². The molecule has 0 radical (unpaired) electrons. The number of likely N-dealkylation sites (tertiary alicyclic amines) is 1. The highest BCUT2D eigenvalue weighted by atomic mass is 16.5. The van der Waals surface area contributed by atoms with Crippen LogP contribution in [0.15, 0.2) is 42.6 Å². The Kier molecular flexibility index (Phi) is 7.33. The van der Waals surface area contributed by atoms with E-state index in [-0.39, 0.29) is 12.1 Å². The van der Waals surface area contributed by atoms with Gasteiger partial charge in [-0.2, -0.15) is 0 Å². The average Bonchev–Trinajstić information content (AvgIpc) is 3.32. The highest BCUT2D eigenvalue weighted by Crippen LogP contribution is 2.37. The number of aromatic nitrogens is 1. The Bertz CT molecular complexity index is 1090. The summed E-state index contributed by atoms with van der Waals surface area (Å²) >= 11 is 0. The van der Waals surface area contributed by atoms with E-state index in [2.05, 4.69) is 28.9 Å². The third-order valence-corrected chi connectivity index (χ3v) is 6.54. The molecule has 0 spiro atoms. The van der Waals surface area contributed by atoms with E-state index in [1.165, 1.54) is 5.39 Å². The summed E-state index contributed by atoms with van der Waals surface area (Å²) in [6.07, 6.45) is 3.87. The number of fused-ring (bicyclic) bond motifs is 1. The van der Waals surface area contributed by atoms with Crippen molar-refractivity contribution in [2.45, 2.75) is 38.5 Å². The molecule has 176 valence electrons. The lowest BCUT2D eigenvalue weighted by Gasteiger charge is -2.40. The highest BCUT2D eigenvalue weighted by Gasteiger charge is 2.31. The van der Waals surface area contributed by atoms with Crippen LogP contribution in [0.5, 0.6) is 5.75 Å². The molecule has 0 amide bonds. The molecule has 1 aliphatic heterocycles. The second kappa shape index (κ2) is 10.4. The van der Waals surface area contributed by atoms with Crippen LogP contribution in [-0.4, -0.2) is 61.0 Å². The number of H-pyrrole nitrogens is 1. The van der Waals surface area contributed by atoms with Crippen molar-refractivity contribution in [3.63, 3.8) is 0 Å². The number of carboxylic acids is 1. The third kappa shape index (κ3) is 5.05. The lowest BCUT2D eigenvalue weighted by Crippen LogP contribution is -2.39. The number of methoxy groups -OCH3 is 2. The van der Waals surface area contributed by atoms with Gasteiger partial charge in [-0.05, 0) is 55.2 Å². The molecule has 2 N–H and O–H groups in total. The number of carboxylic acid groups (broad SMARTS) is 1. The fraction of sp³-hybridized carbons (Fsp3) is 0.423. The van der Waals surface area contributed by atoms with E-state index in [1.807, 2.05) is 18.3 Å². The van der Waals surface area contributed by atoms with Gasteiger partial charge in [0.1, 0.15) is 5.75 Å². The predicted molar refractivity (Wildman–Crippen MR) is 127 cm³/mol. The summed E-state index contributed by atoms with van der Waals surface area (Å²) in [6.45, 7) is 4.83. The molecule has 2 atom stereocenters. The number of aryl methyl sites for hydroxylation is 1. The van der Waals surface area contributed by atoms with Crippen LogP contribution in [0.3, 0.4) is 0 Å². The maximum Gasteiger partial charge on any atom is 0.335 e. The van der Waals surface area contributed by atoms with E-state index in [9.17, 15) is 9.90 Å². The van der Waals surface area contributed by atoms with Crippen molar-refractivity contribution < 1.29 is 24.1 Å². The molecule has 2 aromatic carbocycles. The molecular weight excluding hydrogens is 420 g/mol. The maximum atomic E-state index is 11.3. The quantitative estimate of drug-likeness (QED) is 0.464. The summed E-state index contributed by atoms with van der Waals surface area (Å²) in [7, 11) is 3.39. The summed E-state index contributed by atoms with van der Waals surface area (Å²) in [6, 6.07) is 11.5. The fourth-order valence-corrected chi connectivity index (χ4v) is 4.80. The summed E-state index contributed by atoms with van der Waals surface area (Å²) in [5.74, 6) is -0.0277. The molecule has 1 fully saturated rings. The Morgan fingerprint density at radius 1 is 1.18 bits per heavy atom. The first-order valence-electron chi connectivity index (χ1n) is 11.3. The minimum absolute atomic E-state index is 0.106. The van der Waals surface area contributed by atoms with E-state index in [0.717, 1.165) is 53.9 Å². The SMILES string of the molecule is COCCOC1CCN(Cc2c(OC)cc(C)c3[nH]ccc23)[C@H](c2ccc(C(=O)O)cc2)C1. The lowest BCUT2D eigenvalue weighted by atomic mass is 9.91. The number of benzene rings is 2. The molecule has 7 heteroatoms. The number of aromatic carboxylic acids is 1. The minimum atomic E-state index is -0.915. The highest BCUT2D eigenvalue weighted by molar-refractivity contribution is 5.88. The molecule has 1 unspecified atom stereocenters. The Balaban J connectivity index is 1.64. The Labute approximate surface area is 194 Å². The normalized spacial score (nSPS) is 19.1. The van der Waals surface area contributed by atoms with Gasteiger partial charge in [0.2, 0.25) is 0 Å². The van der Waals surface area contributed by atoms with Gasteiger partial charge in [0.05, 0.1) is 32.0 Å². The number of carbonyl (C=O) groups is 1. The van der Waals surface area contributed by atoms with Crippen LogP contribution in [0.1, 0.15) is 45.9 Å². The fourth-order valence-electron chi connectivity index (χ4n) is 4.80. The summed E-state index contributed by atoms with van der Waals surface area (Å²) in [5, 5.41) is 10.5. The molecule has 4 rings (SSSR count). The zero-order chi connectivity index (χ0) is 23.4. The number of rotatable bonds is 9. The first kappa shape index (κ1) is 23.3. The van der Waals surface area contributed by atoms with Gasteiger partial charge >= 0.3 is 5.97 Å². The molecule has 33 heavy (non-hydrogen) atoms. The van der Waals surface area contributed by atoms with Crippen molar-refractivity contribution in [2.24, 2.45) is 0 Å². The van der Waals surface area contributed by atoms with E-state index >= 15 is 0 Å². The first-order valence-corrected chi connectivity index (χ1v) is 11.3. The number of nitrogens with zero attached hydrogens (tertiary/aromatic N) is 1. The number of aromatic amines is 1.